The zero-order valence-electron chi connectivity index (χ0n) is 19.5. The van der Waals surface area contributed by atoms with E-state index in [0.29, 0.717) is 38.7 Å². The summed E-state index contributed by atoms with van der Waals surface area (Å²) < 4.78 is 5.42. The second-order valence-corrected chi connectivity index (χ2v) is 9.32. The highest BCUT2D eigenvalue weighted by atomic mass is 16.6. The van der Waals surface area contributed by atoms with Crippen LogP contribution >= 0.6 is 0 Å². The van der Waals surface area contributed by atoms with Gasteiger partial charge in [-0.3, -0.25) is 0 Å². The Balaban J connectivity index is 1.46. The second kappa shape index (κ2) is 8.85. The maximum atomic E-state index is 12.4. The van der Waals surface area contributed by atoms with Crippen LogP contribution < -0.4 is 4.90 Å². The first-order chi connectivity index (χ1) is 16.0. The summed E-state index contributed by atoms with van der Waals surface area (Å²) >= 11 is 0. The summed E-state index contributed by atoms with van der Waals surface area (Å²) in [6.07, 6.45) is 5.05. The fraction of sp³-hybridized carbons (Fsp3) is 0.370. The molecular weight excluding hydrogens is 412 g/mol. The molecule has 1 aliphatic heterocycles. The molecule has 5 rings (SSSR count). The largest absolute Gasteiger partial charge is 0.449 e. The third kappa shape index (κ3) is 4.30. The average molecular weight is 443 g/mol. The lowest BCUT2D eigenvalue weighted by Crippen LogP contribution is -2.49. The Morgan fingerprint density at radius 2 is 1.91 bits per heavy atom. The summed E-state index contributed by atoms with van der Waals surface area (Å²) in [5.74, 6) is 2.04. The molecule has 1 aromatic heterocycles. The zero-order valence-corrected chi connectivity index (χ0v) is 19.5. The van der Waals surface area contributed by atoms with Gasteiger partial charge in [-0.25, -0.2) is 14.8 Å². The molecule has 0 atom stereocenters. The number of benzene rings is 2. The highest BCUT2D eigenvalue weighted by Crippen LogP contribution is 2.33. The van der Waals surface area contributed by atoms with E-state index in [9.17, 15) is 4.79 Å². The number of fused-ring (bicyclic) bond motifs is 2. The van der Waals surface area contributed by atoms with Gasteiger partial charge in [-0.2, -0.15) is 0 Å². The van der Waals surface area contributed by atoms with Gasteiger partial charge in [0.2, 0.25) is 0 Å². The van der Waals surface area contributed by atoms with E-state index in [1.54, 1.807) is 4.90 Å². The summed E-state index contributed by atoms with van der Waals surface area (Å²) in [7, 11) is 0. The Bertz CT molecular complexity index is 1230. The number of nitrogens with zero attached hydrogens (tertiary/aromatic N) is 4. The number of piperazine rings is 1. The van der Waals surface area contributed by atoms with Crippen molar-refractivity contribution in [2.45, 2.75) is 27.2 Å². The summed E-state index contributed by atoms with van der Waals surface area (Å²) in [6.45, 7) is 9.30. The molecule has 2 aromatic carbocycles. The highest BCUT2D eigenvalue weighted by molar-refractivity contribution is 5.92. The van der Waals surface area contributed by atoms with Crippen LogP contribution in [0.1, 0.15) is 30.5 Å². The second-order valence-electron chi connectivity index (χ2n) is 9.32. The van der Waals surface area contributed by atoms with Gasteiger partial charge in [0.25, 0.3) is 0 Å². The minimum Gasteiger partial charge on any atom is -0.449 e. The van der Waals surface area contributed by atoms with E-state index in [0.717, 1.165) is 34.5 Å². The molecule has 1 fully saturated rings. The van der Waals surface area contributed by atoms with E-state index in [4.69, 9.17) is 14.7 Å². The first-order valence-electron chi connectivity index (χ1n) is 11.7. The lowest BCUT2D eigenvalue weighted by molar-refractivity contribution is 0.0901. The van der Waals surface area contributed by atoms with Crippen molar-refractivity contribution >= 4 is 28.9 Å². The van der Waals surface area contributed by atoms with E-state index in [2.05, 4.69) is 60.4 Å². The van der Waals surface area contributed by atoms with Crippen LogP contribution in [0.25, 0.3) is 28.4 Å². The van der Waals surface area contributed by atoms with Crippen LogP contribution in [0.5, 0.6) is 0 Å². The van der Waals surface area contributed by atoms with Crippen molar-refractivity contribution in [3.8, 4) is 11.4 Å². The van der Waals surface area contributed by atoms with Gasteiger partial charge in [0.05, 0.1) is 12.1 Å². The molecule has 170 valence electrons. The van der Waals surface area contributed by atoms with Crippen molar-refractivity contribution in [1.29, 1.82) is 0 Å². The van der Waals surface area contributed by atoms with Gasteiger partial charge < -0.3 is 14.5 Å². The van der Waals surface area contributed by atoms with Gasteiger partial charge in [0.1, 0.15) is 5.82 Å². The maximum Gasteiger partial charge on any atom is 0.409 e. The standard InChI is InChI=1S/C27H30N4O2/c1-18(2)17-33-27(32)31-14-12-30(13-15-31)26-23-11-10-19(3)16-24(23)28-25(29-26)22-9-5-7-20-6-4-8-21(20)22/h4-7,9-11,16,18H,8,12-15,17H2,1-3H3. The average Bonchev–Trinajstić information content (AvgIpc) is 3.31. The summed E-state index contributed by atoms with van der Waals surface area (Å²) in [5.41, 5.74) is 5.76. The minimum atomic E-state index is -0.223. The number of aromatic nitrogens is 2. The third-order valence-electron chi connectivity index (χ3n) is 6.28. The smallest absolute Gasteiger partial charge is 0.409 e. The van der Waals surface area contributed by atoms with Crippen LogP contribution in [0, 0.1) is 12.8 Å². The number of carbonyl (C=O) groups is 1. The molecule has 1 amide bonds. The Hall–Kier alpha value is -3.41. The molecule has 6 heteroatoms. The Labute approximate surface area is 194 Å². The number of carbonyl (C=O) groups excluding carboxylic acids is 1. The Morgan fingerprint density at radius 1 is 1.09 bits per heavy atom. The maximum absolute atomic E-state index is 12.4. The molecule has 6 nitrogen and oxygen atoms in total. The van der Waals surface area contributed by atoms with E-state index >= 15 is 0 Å². The van der Waals surface area contributed by atoms with Crippen LogP contribution in [-0.2, 0) is 11.2 Å². The van der Waals surface area contributed by atoms with Crippen molar-refractivity contribution in [3.63, 3.8) is 0 Å². The van der Waals surface area contributed by atoms with Gasteiger partial charge in [-0.1, -0.05) is 50.3 Å². The summed E-state index contributed by atoms with van der Waals surface area (Å²) in [4.78, 5) is 26.5. The van der Waals surface area contributed by atoms with Gasteiger partial charge in [0, 0.05) is 37.1 Å². The topological polar surface area (TPSA) is 58.6 Å². The highest BCUT2D eigenvalue weighted by Gasteiger charge is 2.25. The number of hydrogen-bond acceptors (Lipinski definition) is 5. The van der Waals surface area contributed by atoms with Gasteiger partial charge in [-0.15, -0.1) is 0 Å². The van der Waals surface area contributed by atoms with E-state index in [1.165, 1.54) is 16.7 Å². The van der Waals surface area contributed by atoms with E-state index in [-0.39, 0.29) is 6.09 Å². The molecule has 0 saturated carbocycles. The zero-order chi connectivity index (χ0) is 22.9. The number of amides is 1. The Morgan fingerprint density at radius 3 is 2.70 bits per heavy atom. The quantitative estimate of drug-likeness (QED) is 0.563. The molecule has 0 unspecified atom stereocenters. The number of allylic oxidation sites excluding steroid dienone is 1. The Kier molecular flexibility index (Phi) is 5.75. The molecule has 0 radical (unpaired) electrons. The van der Waals surface area contributed by atoms with Crippen LogP contribution in [0.15, 0.2) is 42.5 Å². The van der Waals surface area contributed by atoms with Crippen LogP contribution in [0.3, 0.4) is 0 Å². The SMILES string of the molecule is Cc1ccc2c(N3CCN(C(=O)OCC(C)C)CC3)nc(-c3cccc4c3CC=C4)nc2c1. The normalized spacial score (nSPS) is 15.4. The van der Waals surface area contributed by atoms with Gasteiger partial charge in [-0.05, 0) is 48.1 Å². The van der Waals surface area contributed by atoms with E-state index < -0.39 is 0 Å². The lowest BCUT2D eigenvalue weighted by atomic mass is 10.0. The summed E-state index contributed by atoms with van der Waals surface area (Å²) in [5, 5.41) is 1.05. The van der Waals surface area contributed by atoms with Crippen LogP contribution in [0.4, 0.5) is 10.6 Å². The number of anilines is 1. The fourth-order valence-electron chi connectivity index (χ4n) is 4.52. The van der Waals surface area contributed by atoms with Crippen molar-refractivity contribution in [1.82, 2.24) is 14.9 Å². The van der Waals surface area contributed by atoms with Gasteiger partial charge >= 0.3 is 6.09 Å². The molecule has 0 bridgehead atoms. The molecule has 2 aliphatic rings. The number of ether oxygens (including phenoxy) is 1. The number of hydrogen-bond donors (Lipinski definition) is 0. The monoisotopic (exact) mass is 442 g/mol. The summed E-state index contributed by atoms with van der Waals surface area (Å²) in [6, 6.07) is 12.7. The first kappa shape index (κ1) is 21.4. The molecule has 3 aromatic rings. The molecule has 1 aliphatic carbocycles. The molecular formula is C27H30N4O2. The lowest BCUT2D eigenvalue weighted by Gasteiger charge is -2.35. The minimum absolute atomic E-state index is 0.223. The fourth-order valence-corrected chi connectivity index (χ4v) is 4.52. The molecule has 0 spiro atoms. The van der Waals surface area contributed by atoms with Crippen LogP contribution in [0.2, 0.25) is 0 Å². The molecule has 1 saturated heterocycles. The van der Waals surface area contributed by atoms with Crippen molar-refractivity contribution in [2.75, 3.05) is 37.7 Å². The first-order valence-corrected chi connectivity index (χ1v) is 11.7. The van der Waals surface area contributed by atoms with Crippen LogP contribution in [-0.4, -0.2) is 53.7 Å². The predicted octanol–water partition coefficient (Wildman–Crippen LogP) is 5.09. The van der Waals surface area contributed by atoms with Crippen molar-refractivity contribution in [3.05, 3.63) is 59.2 Å². The number of rotatable bonds is 4. The van der Waals surface area contributed by atoms with E-state index in [1.807, 2.05) is 13.8 Å². The van der Waals surface area contributed by atoms with Crippen molar-refractivity contribution < 1.29 is 9.53 Å². The number of aryl methyl sites for hydroxylation is 1. The third-order valence-corrected chi connectivity index (χ3v) is 6.28. The van der Waals surface area contributed by atoms with Crippen molar-refractivity contribution in [2.24, 2.45) is 5.92 Å². The van der Waals surface area contributed by atoms with Gasteiger partial charge in [0.15, 0.2) is 5.82 Å². The molecule has 33 heavy (non-hydrogen) atoms. The molecule has 2 heterocycles. The predicted molar refractivity (Wildman–Crippen MR) is 132 cm³/mol. The molecule has 0 N–H and O–H groups in total.